The van der Waals surface area contributed by atoms with Gasteiger partial charge in [0.25, 0.3) is 0 Å². The van der Waals surface area contributed by atoms with Gasteiger partial charge < -0.3 is 21.7 Å². The number of hydrogen-bond acceptors (Lipinski definition) is 6. The maximum absolute atomic E-state index is 12.2. The van der Waals surface area contributed by atoms with E-state index >= 15 is 0 Å². The summed E-state index contributed by atoms with van der Waals surface area (Å²) in [6.45, 7) is 1.93. The fraction of sp³-hybridized carbons (Fsp3) is 0.100. The van der Waals surface area contributed by atoms with E-state index in [1.165, 1.54) is 0 Å². The molecular formula is C20H29F16N5O2S3. The summed E-state index contributed by atoms with van der Waals surface area (Å²) in [6.07, 6.45) is 0. The summed E-state index contributed by atoms with van der Waals surface area (Å²) < 4.78 is 193. The molecule has 3 rings (SSSR count). The number of nitrogens with two attached hydrogens (primary N) is 4. The summed E-state index contributed by atoms with van der Waals surface area (Å²) in [4.78, 5) is -6.12. The van der Waals surface area contributed by atoms with Crippen molar-refractivity contribution >= 4 is 42.0 Å². The Hall–Kier alpha value is -3.01. The molecule has 12 N–H and O–H groups in total. The number of nitrogens with one attached hydrogen (secondary N) is 1. The van der Waals surface area contributed by atoms with E-state index in [9.17, 15) is 62.7 Å². The number of benzene rings is 3. The van der Waals surface area contributed by atoms with Gasteiger partial charge in [-0.2, -0.15) is 0 Å². The van der Waals surface area contributed by atoms with Crippen LogP contribution in [0, 0.1) is 5.82 Å². The molecule has 0 spiro atoms. The van der Waals surface area contributed by atoms with Crippen molar-refractivity contribution in [2.24, 2.45) is 17.5 Å². The number of hydrazine groups is 2. The minimum Gasteiger partial charge on any atom is -0.412 e. The van der Waals surface area contributed by atoms with Crippen LogP contribution in [-0.4, -0.2) is 17.2 Å². The summed E-state index contributed by atoms with van der Waals surface area (Å²) in [5, 5.41) is 7.57. The van der Waals surface area contributed by atoms with Crippen LogP contribution in [0.1, 0.15) is 6.92 Å². The third-order valence-electron chi connectivity index (χ3n) is 3.99. The minimum atomic E-state index is -9.70. The lowest BCUT2D eigenvalue weighted by Gasteiger charge is -2.40. The number of rotatable bonds is 4. The van der Waals surface area contributed by atoms with Gasteiger partial charge >= 0.3 is 30.7 Å². The lowest BCUT2D eigenvalue weighted by atomic mass is 10.3. The summed E-state index contributed by atoms with van der Waals surface area (Å²) in [5.41, 5.74) is 6.25. The van der Waals surface area contributed by atoms with E-state index in [-0.39, 0.29) is 47.7 Å². The zero-order valence-electron chi connectivity index (χ0n) is 22.7. The predicted molar refractivity (Wildman–Crippen MR) is 150 cm³/mol. The number of anilines is 2. The van der Waals surface area contributed by atoms with Gasteiger partial charge in [0.15, 0.2) is 0 Å². The fourth-order valence-electron chi connectivity index (χ4n) is 2.29. The number of halogens is 16. The van der Waals surface area contributed by atoms with Crippen LogP contribution in [0.4, 0.5) is 74.1 Å². The standard InChI is InChI=1S/C6H4F6S.C6H7F5N2S.C6H6F5NS.C2H6O.H4N2.H2O/c7-5-2-1-3-6(4-5)13(8,9,10,11)12;7-14(8,9,10,11)6-3-1-2-5(4-6)13-12;7-13(8,9,10,11)6-3-1-2-5(12)4-6;1-2-3;1-2;/h1-4H;1-4,13H,12H2;1-4H,12H2;3H,2H2,1H3;1-2H2;1H2. The Kier molecular flexibility index (Phi) is 13.3. The monoisotopic (exact) mass is 771 g/mol. The molecule has 3 aromatic rings. The van der Waals surface area contributed by atoms with Crippen molar-refractivity contribution in [3.8, 4) is 0 Å². The predicted octanol–water partition coefficient (Wildman–Crippen LogP) is 10.0. The summed E-state index contributed by atoms with van der Waals surface area (Å²) in [7, 11) is -28.8. The van der Waals surface area contributed by atoms with Gasteiger partial charge in [-0.3, -0.25) is 17.5 Å². The molecule has 0 saturated heterocycles. The molecule has 0 radical (unpaired) electrons. The molecule has 0 fully saturated rings. The van der Waals surface area contributed by atoms with Crippen LogP contribution in [0.2, 0.25) is 0 Å². The van der Waals surface area contributed by atoms with E-state index < -0.39 is 51.2 Å². The first-order chi connectivity index (χ1) is 19.4. The molecule has 0 aliphatic carbocycles. The first-order valence-corrected chi connectivity index (χ1v) is 16.6. The number of hydrogen-bond donors (Lipinski definition) is 6. The van der Waals surface area contributed by atoms with E-state index in [2.05, 4.69) is 11.7 Å². The van der Waals surface area contributed by atoms with Crippen LogP contribution in [0.15, 0.2) is 87.5 Å². The molecule has 276 valence electrons. The quantitative estimate of drug-likeness (QED) is 0.0668. The molecule has 0 aliphatic rings. The Balaban J connectivity index is -0.000000557. The molecule has 0 bridgehead atoms. The van der Waals surface area contributed by atoms with Gasteiger partial charge in [-0.15, -0.1) is 0 Å². The average Bonchev–Trinajstić information content (AvgIpc) is 2.83. The van der Waals surface area contributed by atoms with Crippen molar-refractivity contribution in [2.75, 3.05) is 17.8 Å². The third-order valence-corrected chi connectivity index (χ3v) is 7.43. The normalized spacial score (nSPS) is 15.7. The van der Waals surface area contributed by atoms with Gasteiger partial charge in [0.2, 0.25) is 0 Å². The molecule has 0 amide bonds. The minimum absolute atomic E-state index is 0. The second-order valence-corrected chi connectivity index (χ2v) is 15.2. The van der Waals surface area contributed by atoms with E-state index in [1.54, 1.807) is 6.92 Å². The van der Waals surface area contributed by atoms with E-state index in [1.807, 2.05) is 5.43 Å². The van der Waals surface area contributed by atoms with Crippen LogP contribution >= 0.6 is 30.7 Å². The first kappa shape index (κ1) is 47.4. The highest BCUT2D eigenvalue weighted by molar-refractivity contribution is 8.46. The SMILES string of the molecule is CCO.Fc1cccc(S(F)(F)(F)(F)F)c1.NN.NNc1cccc(S(F)(F)(F)(F)F)c1.Nc1cccc(S(F)(F)(F)(F)F)c1.O. The molecule has 0 atom stereocenters. The van der Waals surface area contributed by atoms with Crippen LogP contribution in [-0.2, 0) is 0 Å². The van der Waals surface area contributed by atoms with E-state index in [0.717, 1.165) is 24.3 Å². The molecule has 0 saturated carbocycles. The highest BCUT2D eigenvalue weighted by Crippen LogP contribution is 3.03. The molecule has 3 aromatic carbocycles. The molecule has 0 unspecified atom stereocenters. The molecule has 26 heteroatoms. The first-order valence-electron chi connectivity index (χ1n) is 10.8. The van der Waals surface area contributed by atoms with Gasteiger partial charge in [-0.1, -0.05) is 76.5 Å². The van der Waals surface area contributed by atoms with Crippen molar-refractivity contribution in [3.05, 3.63) is 78.6 Å². The van der Waals surface area contributed by atoms with Crippen LogP contribution in [0.3, 0.4) is 0 Å². The lowest BCUT2D eigenvalue weighted by Crippen LogP contribution is -2.10. The second-order valence-electron chi connectivity index (χ2n) is 7.93. The van der Waals surface area contributed by atoms with Gasteiger partial charge in [0.1, 0.15) is 20.5 Å². The average molecular weight is 772 g/mol. The lowest BCUT2D eigenvalue weighted by molar-refractivity contribution is 0.318. The van der Waals surface area contributed by atoms with Crippen molar-refractivity contribution in [3.63, 3.8) is 0 Å². The molecule has 0 heterocycles. The topological polar surface area (TPSA) is 168 Å². The Morgan fingerprint density at radius 3 is 1.15 bits per heavy atom. The number of nitrogen functional groups attached to an aromatic ring is 2. The van der Waals surface area contributed by atoms with Crippen molar-refractivity contribution in [1.29, 1.82) is 0 Å². The molecule has 7 nitrogen and oxygen atoms in total. The fourth-order valence-corrected chi connectivity index (χ4v) is 4.34. The van der Waals surface area contributed by atoms with Crippen molar-refractivity contribution in [1.82, 2.24) is 0 Å². The van der Waals surface area contributed by atoms with Gasteiger partial charge in [-0.25, -0.2) is 4.39 Å². The molecular weight excluding hydrogens is 742 g/mol. The Labute approximate surface area is 250 Å². The van der Waals surface area contributed by atoms with Crippen molar-refractivity contribution in [2.45, 2.75) is 21.6 Å². The summed E-state index contributed by atoms with van der Waals surface area (Å²) in [5.74, 6) is 11.5. The maximum Gasteiger partial charge on any atom is 0.310 e. The van der Waals surface area contributed by atoms with E-state index in [4.69, 9.17) is 16.7 Å². The van der Waals surface area contributed by atoms with Crippen LogP contribution in [0.25, 0.3) is 0 Å². The molecule has 0 aromatic heterocycles. The van der Waals surface area contributed by atoms with Gasteiger partial charge in [-0.05, 0) is 61.5 Å². The number of aliphatic hydroxyl groups excluding tert-OH is 1. The smallest absolute Gasteiger partial charge is 0.310 e. The molecule has 46 heavy (non-hydrogen) atoms. The Morgan fingerprint density at radius 2 is 0.891 bits per heavy atom. The Bertz CT molecular complexity index is 1360. The zero-order valence-corrected chi connectivity index (χ0v) is 25.1. The second kappa shape index (κ2) is 12.9. The number of aliphatic hydroxyl groups is 1. The van der Waals surface area contributed by atoms with Gasteiger partial charge in [0, 0.05) is 18.0 Å². The Morgan fingerprint density at radius 1 is 0.587 bits per heavy atom. The van der Waals surface area contributed by atoms with Gasteiger partial charge in [0.05, 0.1) is 0 Å². The zero-order chi connectivity index (χ0) is 36.6. The molecule has 0 aliphatic heterocycles. The van der Waals surface area contributed by atoms with Crippen molar-refractivity contribution < 1.29 is 73.3 Å². The summed E-state index contributed by atoms with van der Waals surface area (Å²) >= 11 is 0. The highest BCUT2D eigenvalue weighted by Gasteiger charge is 2.66. The largest absolute Gasteiger partial charge is 0.412 e. The van der Waals surface area contributed by atoms with Crippen LogP contribution in [0.5, 0.6) is 0 Å². The maximum atomic E-state index is 12.2. The summed E-state index contributed by atoms with van der Waals surface area (Å²) in [6, 6.07) is 6.20. The highest BCUT2D eigenvalue weighted by atomic mass is 32.5. The van der Waals surface area contributed by atoms with Crippen LogP contribution < -0.4 is 28.7 Å². The third kappa shape index (κ3) is 18.8. The van der Waals surface area contributed by atoms with E-state index in [0.29, 0.717) is 24.3 Å².